The van der Waals surface area contributed by atoms with Crippen molar-refractivity contribution in [2.75, 3.05) is 16.8 Å². The first-order valence-corrected chi connectivity index (χ1v) is 6.88. The Morgan fingerprint density at radius 3 is 2.39 bits per heavy atom. The largest absolute Gasteiger partial charge is 0.549 e. The number of sulfone groups is 1. The summed E-state index contributed by atoms with van der Waals surface area (Å²) in [4.78, 5) is 21.6. The number of aliphatic carboxylic acids is 1. The van der Waals surface area contributed by atoms with Crippen molar-refractivity contribution in [1.29, 1.82) is 0 Å². The molecule has 0 bridgehead atoms. The zero-order chi connectivity index (χ0) is 13.8. The molecule has 0 saturated carbocycles. The lowest BCUT2D eigenvalue weighted by molar-refractivity contribution is -0.301. The van der Waals surface area contributed by atoms with Gasteiger partial charge >= 0.3 is 0 Å². The monoisotopic (exact) mass is 270 g/mol. The van der Waals surface area contributed by atoms with Gasteiger partial charge in [-0.1, -0.05) is 18.2 Å². The third kappa shape index (κ3) is 4.54. The fraction of sp³-hybridized carbons (Fsp3) is 0.273. The number of nitrogens with one attached hydrogen (secondary N) is 1. The molecule has 0 aliphatic heterocycles. The summed E-state index contributed by atoms with van der Waals surface area (Å²) in [6.45, 7) is 1.76. The first kappa shape index (κ1) is 14.2. The number of benzene rings is 1. The van der Waals surface area contributed by atoms with Gasteiger partial charge in [0.2, 0.25) is 5.91 Å². The van der Waals surface area contributed by atoms with Gasteiger partial charge in [0.15, 0.2) is 9.84 Å². The Kier molecular flexibility index (Phi) is 4.43. The molecule has 0 saturated heterocycles. The van der Waals surface area contributed by atoms with E-state index >= 15 is 0 Å². The van der Waals surface area contributed by atoms with Crippen molar-refractivity contribution in [2.45, 2.75) is 6.92 Å². The van der Waals surface area contributed by atoms with E-state index in [-0.39, 0.29) is 0 Å². The van der Waals surface area contributed by atoms with Crippen LogP contribution in [-0.4, -0.2) is 31.8 Å². The van der Waals surface area contributed by atoms with E-state index in [4.69, 9.17) is 0 Å². The van der Waals surface area contributed by atoms with E-state index in [2.05, 4.69) is 5.32 Å². The summed E-state index contributed by atoms with van der Waals surface area (Å²) in [7, 11) is -3.99. The zero-order valence-electron chi connectivity index (χ0n) is 9.67. The average molecular weight is 270 g/mol. The van der Waals surface area contributed by atoms with Gasteiger partial charge in [-0.2, -0.15) is 0 Å². The van der Waals surface area contributed by atoms with Crippen molar-refractivity contribution < 1.29 is 23.1 Å². The van der Waals surface area contributed by atoms with Gasteiger partial charge in [-0.3, -0.25) is 4.79 Å². The second-order valence-corrected chi connectivity index (χ2v) is 5.83. The molecule has 1 aromatic carbocycles. The highest BCUT2D eigenvalue weighted by Crippen LogP contribution is 2.12. The molecule has 6 nitrogen and oxygen atoms in total. The van der Waals surface area contributed by atoms with Crippen molar-refractivity contribution in [2.24, 2.45) is 0 Å². The van der Waals surface area contributed by atoms with Gasteiger partial charge in [-0.15, -0.1) is 0 Å². The Balaban J connectivity index is 2.68. The fourth-order valence-corrected chi connectivity index (χ4v) is 2.26. The van der Waals surface area contributed by atoms with E-state index in [1.807, 2.05) is 0 Å². The molecular weight excluding hydrogens is 258 g/mol. The Hall–Kier alpha value is -1.89. The number of carbonyl (C=O) groups excluding carboxylic acids is 2. The Bertz CT molecular complexity index is 565. The molecule has 0 heterocycles. The van der Waals surface area contributed by atoms with Crippen molar-refractivity contribution in [3.63, 3.8) is 0 Å². The van der Waals surface area contributed by atoms with Gasteiger partial charge in [-0.05, 0) is 18.6 Å². The van der Waals surface area contributed by atoms with Crippen LogP contribution in [0.2, 0.25) is 0 Å². The van der Waals surface area contributed by atoms with Crippen LogP contribution in [0.25, 0.3) is 0 Å². The van der Waals surface area contributed by atoms with Gasteiger partial charge in [0, 0.05) is 5.69 Å². The first-order valence-electron chi connectivity index (χ1n) is 5.06. The van der Waals surface area contributed by atoms with E-state index in [0.717, 1.165) is 5.56 Å². The normalized spacial score (nSPS) is 10.9. The second kappa shape index (κ2) is 5.63. The number of rotatable bonds is 5. The molecule has 1 amide bonds. The van der Waals surface area contributed by atoms with Gasteiger partial charge in [-0.25, -0.2) is 8.42 Å². The van der Waals surface area contributed by atoms with Crippen molar-refractivity contribution in [3.8, 4) is 0 Å². The van der Waals surface area contributed by atoms with E-state index in [9.17, 15) is 23.1 Å². The maximum absolute atomic E-state index is 11.5. The van der Waals surface area contributed by atoms with Gasteiger partial charge in [0.1, 0.15) is 5.75 Å². The molecule has 98 valence electrons. The Morgan fingerprint density at radius 2 is 1.83 bits per heavy atom. The molecule has 0 atom stereocenters. The third-order valence-electron chi connectivity index (χ3n) is 2.11. The second-order valence-electron chi connectivity index (χ2n) is 3.77. The summed E-state index contributed by atoms with van der Waals surface area (Å²) in [6.07, 6.45) is 0. The molecule has 0 unspecified atom stereocenters. The molecule has 1 N–H and O–H groups in total. The molecule has 0 aromatic heterocycles. The van der Waals surface area contributed by atoms with Crippen LogP contribution in [0.3, 0.4) is 0 Å². The highest BCUT2D eigenvalue weighted by atomic mass is 32.2. The zero-order valence-corrected chi connectivity index (χ0v) is 10.5. The van der Waals surface area contributed by atoms with Crippen molar-refractivity contribution in [3.05, 3.63) is 29.8 Å². The van der Waals surface area contributed by atoms with Crippen LogP contribution in [0.15, 0.2) is 24.3 Å². The fourth-order valence-electron chi connectivity index (χ4n) is 1.33. The predicted molar refractivity (Wildman–Crippen MR) is 63.5 cm³/mol. The quantitative estimate of drug-likeness (QED) is 0.746. The number of hydrogen-bond acceptors (Lipinski definition) is 5. The lowest BCUT2D eigenvalue weighted by Gasteiger charge is -2.08. The molecule has 0 radical (unpaired) electrons. The molecule has 1 aromatic rings. The minimum atomic E-state index is -3.99. The van der Waals surface area contributed by atoms with Crippen LogP contribution in [0.5, 0.6) is 0 Å². The summed E-state index contributed by atoms with van der Waals surface area (Å²) >= 11 is 0. The standard InChI is InChI=1S/C11H13NO5S/c1-8-4-2-3-5-9(8)12-10(13)6-18(16,17)7-11(14)15/h2-5H,6-7H2,1H3,(H,12,13)(H,14,15)/p-1. The van der Waals surface area contributed by atoms with E-state index < -0.39 is 33.2 Å². The smallest absolute Gasteiger partial charge is 0.239 e. The number of aryl methyl sites for hydroxylation is 1. The number of amides is 1. The highest BCUT2D eigenvalue weighted by Gasteiger charge is 2.17. The maximum Gasteiger partial charge on any atom is 0.239 e. The van der Waals surface area contributed by atoms with Crippen LogP contribution in [0.4, 0.5) is 5.69 Å². The Morgan fingerprint density at radius 1 is 1.22 bits per heavy atom. The molecule has 1 rings (SSSR count). The molecule has 7 heteroatoms. The van der Waals surface area contributed by atoms with Crippen LogP contribution in [-0.2, 0) is 19.4 Å². The molecule has 0 aliphatic carbocycles. The van der Waals surface area contributed by atoms with E-state index in [1.165, 1.54) is 0 Å². The number of para-hydroxylation sites is 1. The minimum Gasteiger partial charge on any atom is -0.549 e. The van der Waals surface area contributed by atoms with Crippen LogP contribution < -0.4 is 10.4 Å². The first-order chi connectivity index (χ1) is 8.30. The van der Waals surface area contributed by atoms with Crippen LogP contribution >= 0.6 is 0 Å². The van der Waals surface area contributed by atoms with Gasteiger partial charge in [0.25, 0.3) is 0 Å². The summed E-state index contributed by atoms with van der Waals surface area (Å²) in [5.74, 6) is -4.53. The molecule has 0 spiro atoms. The third-order valence-corrected chi connectivity index (χ3v) is 3.49. The summed E-state index contributed by atoms with van der Waals surface area (Å²) < 4.78 is 22.5. The lowest BCUT2D eigenvalue weighted by atomic mass is 10.2. The number of carbonyl (C=O) groups is 2. The number of carboxylic acids is 1. The van der Waals surface area contributed by atoms with E-state index in [1.54, 1.807) is 31.2 Å². The number of hydrogen-bond donors (Lipinski definition) is 1. The highest BCUT2D eigenvalue weighted by molar-refractivity contribution is 7.92. The lowest BCUT2D eigenvalue weighted by Crippen LogP contribution is -2.34. The van der Waals surface area contributed by atoms with Crippen LogP contribution in [0.1, 0.15) is 5.56 Å². The average Bonchev–Trinajstić information content (AvgIpc) is 2.18. The van der Waals surface area contributed by atoms with Crippen molar-refractivity contribution >= 4 is 27.4 Å². The van der Waals surface area contributed by atoms with Crippen molar-refractivity contribution in [1.82, 2.24) is 0 Å². The van der Waals surface area contributed by atoms with Gasteiger partial charge in [0.05, 0.1) is 11.7 Å². The summed E-state index contributed by atoms with van der Waals surface area (Å²) in [6, 6.07) is 6.85. The summed E-state index contributed by atoms with van der Waals surface area (Å²) in [5.41, 5.74) is 1.27. The van der Waals surface area contributed by atoms with E-state index in [0.29, 0.717) is 5.69 Å². The number of carboxylic acid groups (broad SMARTS) is 1. The Labute approximate surface area is 105 Å². The molecule has 0 aliphatic rings. The summed E-state index contributed by atoms with van der Waals surface area (Å²) in [5, 5.41) is 12.6. The molecular formula is C11H12NO5S-. The minimum absolute atomic E-state index is 0.492. The topological polar surface area (TPSA) is 103 Å². The molecule has 18 heavy (non-hydrogen) atoms. The maximum atomic E-state index is 11.5. The predicted octanol–water partition coefficient (Wildman–Crippen LogP) is -0.902. The van der Waals surface area contributed by atoms with Gasteiger partial charge < -0.3 is 15.2 Å². The number of anilines is 1. The van der Waals surface area contributed by atoms with Crippen LogP contribution in [0, 0.1) is 6.92 Å². The molecule has 0 fully saturated rings. The SMILES string of the molecule is Cc1ccccc1NC(=O)CS(=O)(=O)CC(=O)[O-].